The monoisotopic (exact) mass is 337 g/mol. The van der Waals surface area contributed by atoms with E-state index in [-0.39, 0.29) is 0 Å². The van der Waals surface area contributed by atoms with Gasteiger partial charge >= 0.3 is 11.9 Å². The van der Waals surface area contributed by atoms with Gasteiger partial charge in [-0.05, 0) is 30.7 Å². The summed E-state index contributed by atoms with van der Waals surface area (Å²) in [5.41, 5.74) is 3.01. The summed E-state index contributed by atoms with van der Waals surface area (Å²) in [5, 5.41) is 15.1. The van der Waals surface area contributed by atoms with Crippen LogP contribution in [0.4, 0.5) is 0 Å². The highest BCUT2D eigenvalue weighted by Gasteiger charge is 2.43. The van der Waals surface area contributed by atoms with Gasteiger partial charge in [0, 0.05) is 19.2 Å². The Morgan fingerprint density at radius 1 is 1.32 bits per heavy atom. The molecule has 0 bridgehead atoms. The van der Waals surface area contributed by atoms with Crippen molar-refractivity contribution < 1.29 is 9.84 Å². The molecular formula is C18H19N5O2. The number of hydrogen-bond donors (Lipinski definition) is 0. The zero-order valence-corrected chi connectivity index (χ0v) is 14.4. The summed E-state index contributed by atoms with van der Waals surface area (Å²) in [4.78, 5) is 8.81. The van der Waals surface area contributed by atoms with Gasteiger partial charge < -0.3 is 9.84 Å². The van der Waals surface area contributed by atoms with Crippen molar-refractivity contribution in [3.8, 4) is 0 Å². The van der Waals surface area contributed by atoms with Crippen molar-refractivity contribution in [1.82, 2.24) is 14.7 Å². The zero-order chi connectivity index (χ0) is 17.8. The van der Waals surface area contributed by atoms with Gasteiger partial charge in [0.2, 0.25) is 0 Å². The van der Waals surface area contributed by atoms with Crippen LogP contribution in [-0.2, 0) is 11.3 Å². The van der Waals surface area contributed by atoms with E-state index in [0.29, 0.717) is 18.5 Å². The van der Waals surface area contributed by atoms with E-state index in [2.05, 4.69) is 19.4 Å². The first-order chi connectivity index (χ1) is 12.1. The molecule has 0 fully saturated rings. The third-order valence-electron chi connectivity index (χ3n) is 3.67. The third kappa shape index (κ3) is 3.62. The Bertz CT molecular complexity index is 845. The van der Waals surface area contributed by atoms with Crippen molar-refractivity contribution in [2.24, 2.45) is 9.98 Å². The van der Waals surface area contributed by atoms with Crippen molar-refractivity contribution in [1.29, 1.82) is 0 Å². The SMILES string of the molecule is CO/C([O-])=C/C=N\C1=NC2=[N+]=C(C)C=C(C)N2N1Cc1ccccc1. The number of hydrazine groups is 1. The van der Waals surface area contributed by atoms with E-state index in [1.54, 1.807) is 0 Å². The largest absolute Gasteiger partial charge is 0.617 e. The molecule has 0 atom stereocenters. The molecule has 128 valence electrons. The van der Waals surface area contributed by atoms with E-state index in [1.165, 1.54) is 19.4 Å². The van der Waals surface area contributed by atoms with Crippen molar-refractivity contribution in [3.05, 3.63) is 59.7 Å². The maximum Gasteiger partial charge on any atom is 0.513 e. The fourth-order valence-electron chi connectivity index (χ4n) is 2.59. The second-order valence-electron chi connectivity index (χ2n) is 5.57. The number of aliphatic imine (C=N–C) groups is 2. The molecule has 1 aromatic carbocycles. The Kier molecular flexibility index (Phi) is 4.68. The van der Waals surface area contributed by atoms with Crippen LogP contribution in [0.3, 0.4) is 0 Å². The summed E-state index contributed by atoms with van der Waals surface area (Å²) in [6.45, 7) is 4.51. The Labute approximate surface area is 146 Å². The molecule has 0 saturated carbocycles. The van der Waals surface area contributed by atoms with Crippen LogP contribution in [0.2, 0.25) is 0 Å². The van der Waals surface area contributed by atoms with Crippen LogP contribution < -0.4 is 9.77 Å². The number of ether oxygens (including phenoxy) is 1. The first-order valence-corrected chi connectivity index (χ1v) is 7.84. The number of benzene rings is 1. The molecule has 7 heteroatoms. The number of methoxy groups -OCH3 is 1. The highest BCUT2D eigenvalue weighted by molar-refractivity contribution is 6.08. The maximum atomic E-state index is 11.2. The van der Waals surface area contributed by atoms with Gasteiger partial charge in [-0.1, -0.05) is 30.3 Å². The van der Waals surface area contributed by atoms with Crippen LogP contribution in [0.15, 0.2) is 64.1 Å². The fraction of sp³-hybridized carbons (Fsp3) is 0.222. The fourth-order valence-corrected chi connectivity index (χ4v) is 2.59. The van der Waals surface area contributed by atoms with E-state index in [1.807, 2.05) is 60.3 Å². The lowest BCUT2D eigenvalue weighted by Gasteiger charge is -2.24. The number of hydrogen-bond acceptors (Lipinski definition) is 6. The third-order valence-corrected chi connectivity index (χ3v) is 3.67. The molecule has 0 aliphatic carbocycles. The summed E-state index contributed by atoms with van der Waals surface area (Å²) in [5.74, 6) is 0.566. The molecule has 7 nitrogen and oxygen atoms in total. The number of fused-ring (bicyclic) bond motifs is 1. The van der Waals surface area contributed by atoms with Crippen LogP contribution >= 0.6 is 0 Å². The molecule has 0 spiro atoms. The van der Waals surface area contributed by atoms with Gasteiger partial charge in [-0.3, -0.25) is 0 Å². The molecule has 25 heavy (non-hydrogen) atoms. The quantitative estimate of drug-likeness (QED) is 0.462. The summed E-state index contributed by atoms with van der Waals surface area (Å²) >= 11 is 0. The van der Waals surface area contributed by atoms with E-state index < -0.39 is 5.95 Å². The van der Waals surface area contributed by atoms with Crippen LogP contribution in [0.5, 0.6) is 0 Å². The lowest BCUT2D eigenvalue weighted by atomic mass is 10.2. The molecule has 0 N–H and O–H groups in total. The second kappa shape index (κ2) is 7.07. The predicted molar refractivity (Wildman–Crippen MR) is 96.4 cm³/mol. The van der Waals surface area contributed by atoms with Crippen molar-refractivity contribution >= 4 is 23.8 Å². The highest BCUT2D eigenvalue weighted by atomic mass is 16.6. The molecule has 0 amide bonds. The Balaban J connectivity index is 1.94. The van der Waals surface area contributed by atoms with E-state index in [0.717, 1.165) is 17.0 Å². The van der Waals surface area contributed by atoms with Crippen LogP contribution in [0.25, 0.3) is 0 Å². The molecule has 2 aliphatic rings. The van der Waals surface area contributed by atoms with Crippen molar-refractivity contribution in [2.75, 3.05) is 7.11 Å². The minimum Gasteiger partial charge on any atom is -0.617 e. The average Bonchev–Trinajstić information content (AvgIpc) is 2.93. The van der Waals surface area contributed by atoms with Gasteiger partial charge in [0.1, 0.15) is 5.70 Å². The van der Waals surface area contributed by atoms with Crippen LogP contribution in [0, 0.1) is 0 Å². The molecule has 3 rings (SSSR count). The molecular weight excluding hydrogens is 318 g/mol. The van der Waals surface area contributed by atoms with Gasteiger partial charge in [0.05, 0.1) is 12.5 Å². The molecule has 0 radical (unpaired) electrons. The standard InChI is InChI=1S/C18H19N5O2/c1-13-11-14(2)23-18(20-13)21-17(19-10-9-16(24)25-3)22(23)12-15-7-5-4-6-8-15/h4-11H,12H2,1-3H3. The van der Waals surface area contributed by atoms with Crippen molar-refractivity contribution in [3.63, 3.8) is 0 Å². The normalized spacial score (nSPS) is 17.2. The number of guanidine groups is 2. The molecule has 1 aromatic rings. The van der Waals surface area contributed by atoms with E-state index >= 15 is 0 Å². The second-order valence-corrected chi connectivity index (χ2v) is 5.57. The molecule has 2 aliphatic heterocycles. The first-order valence-electron chi connectivity index (χ1n) is 7.84. The lowest BCUT2D eigenvalue weighted by Crippen LogP contribution is -2.43. The maximum absolute atomic E-state index is 11.2. The van der Waals surface area contributed by atoms with Gasteiger partial charge in [-0.15, -0.1) is 5.01 Å². The van der Waals surface area contributed by atoms with Gasteiger partial charge in [0.15, 0.2) is 5.71 Å². The lowest BCUT2D eigenvalue weighted by molar-refractivity contribution is -0.352. The highest BCUT2D eigenvalue weighted by Crippen LogP contribution is 2.21. The van der Waals surface area contributed by atoms with Crippen molar-refractivity contribution in [2.45, 2.75) is 20.4 Å². The van der Waals surface area contributed by atoms with Crippen LogP contribution in [0.1, 0.15) is 19.4 Å². The van der Waals surface area contributed by atoms with E-state index in [4.69, 9.17) is 0 Å². The summed E-state index contributed by atoms with van der Waals surface area (Å²) < 4.78 is 9.05. The molecule has 0 aromatic heterocycles. The van der Waals surface area contributed by atoms with E-state index in [9.17, 15) is 5.11 Å². The van der Waals surface area contributed by atoms with Gasteiger partial charge in [-0.25, -0.2) is 9.66 Å². The van der Waals surface area contributed by atoms with Crippen LogP contribution in [-0.4, -0.2) is 41.0 Å². The summed E-state index contributed by atoms with van der Waals surface area (Å²) in [6.07, 6.45) is 4.63. The summed E-state index contributed by atoms with van der Waals surface area (Å²) in [7, 11) is 1.32. The first kappa shape index (κ1) is 16.5. The van der Waals surface area contributed by atoms with Gasteiger partial charge in [0.25, 0.3) is 0 Å². The Morgan fingerprint density at radius 2 is 2.08 bits per heavy atom. The number of rotatable bonds is 4. The molecule has 0 unspecified atom stereocenters. The minimum atomic E-state index is -0.465. The number of allylic oxidation sites excluding steroid dienone is 3. The molecule has 0 saturated heterocycles. The average molecular weight is 337 g/mol. The minimum absolute atomic E-state index is 0.463. The number of nitrogens with zero attached hydrogens (tertiary/aromatic N) is 5. The topological polar surface area (TPSA) is 77.6 Å². The molecule has 2 heterocycles. The summed E-state index contributed by atoms with van der Waals surface area (Å²) in [6, 6.07) is 10.0. The Hall–Kier alpha value is -3.31. The Morgan fingerprint density at radius 3 is 2.80 bits per heavy atom. The smallest absolute Gasteiger partial charge is 0.513 e. The zero-order valence-electron chi connectivity index (χ0n) is 14.4. The van der Waals surface area contributed by atoms with Gasteiger partial charge in [-0.2, -0.15) is 5.01 Å². The predicted octanol–water partition coefficient (Wildman–Crippen LogP) is 0.796.